The van der Waals surface area contributed by atoms with E-state index in [1.165, 1.54) is 7.11 Å². The second-order valence-corrected chi connectivity index (χ2v) is 5.11. The maximum atomic E-state index is 11.8. The SMILES string of the molecule is CCC1=C(O)C(C)=CC(C2(C(=O)OC)CC2)C1. The van der Waals surface area contributed by atoms with Crippen LogP contribution in [0.5, 0.6) is 0 Å². The Bertz CT molecular complexity index is 400. The standard InChI is InChI=1S/C14H20O3/c1-4-10-8-11(7-9(2)12(10)15)14(5-6-14)13(16)17-3/h7,11,15H,4-6,8H2,1-3H3. The van der Waals surface area contributed by atoms with Gasteiger partial charge < -0.3 is 9.84 Å². The second kappa shape index (κ2) is 4.21. The van der Waals surface area contributed by atoms with Gasteiger partial charge in [-0.05, 0) is 49.7 Å². The highest BCUT2D eigenvalue weighted by Crippen LogP contribution is 2.56. The zero-order valence-corrected chi connectivity index (χ0v) is 10.7. The largest absolute Gasteiger partial charge is 0.508 e. The molecular formula is C14H20O3. The fourth-order valence-electron chi connectivity index (χ4n) is 2.81. The molecule has 94 valence electrons. The molecule has 0 saturated heterocycles. The molecule has 3 heteroatoms. The Morgan fingerprint density at radius 1 is 1.59 bits per heavy atom. The minimum absolute atomic E-state index is 0.0941. The molecule has 3 nitrogen and oxygen atoms in total. The number of ether oxygens (including phenoxy) is 1. The molecule has 0 spiro atoms. The Morgan fingerprint density at radius 3 is 2.71 bits per heavy atom. The van der Waals surface area contributed by atoms with E-state index in [2.05, 4.69) is 0 Å². The van der Waals surface area contributed by atoms with Gasteiger partial charge in [0.15, 0.2) is 0 Å². The highest BCUT2D eigenvalue weighted by atomic mass is 16.5. The van der Waals surface area contributed by atoms with Gasteiger partial charge in [-0.2, -0.15) is 0 Å². The van der Waals surface area contributed by atoms with Crippen molar-refractivity contribution < 1.29 is 14.6 Å². The van der Waals surface area contributed by atoms with Crippen LogP contribution < -0.4 is 0 Å². The molecule has 1 unspecified atom stereocenters. The summed E-state index contributed by atoms with van der Waals surface area (Å²) in [5, 5.41) is 9.93. The second-order valence-electron chi connectivity index (χ2n) is 5.11. The van der Waals surface area contributed by atoms with Crippen LogP contribution in [-0.2, 0) is 9.53 Å². The van der Waals surface area contributed by atoms with Crippen molar-refractivity contribution in [3.63, 3.8) is 0 Å². The average molecular weight is 236 g/mol. The first-order valence-corrected chi connectivity index (χ1v) is 6.23. The summed E-state index contributed by atoms with van der Waals surface area (Å²) in [7, 11) is 1.45. The summed E-state index contributed by atoms with van der Waals surface area (Å²) in [6.07, 6.45) is 5.48. The average Bonchev–Trinajstić information content (AvgIpc) is 3.12. The molecule has 17 heavy (non-hydrogen) atoms. The molecular weight excluding hydrogens is 216 g/mol. The van der Waals surface area contributed by atoms with Crippen LogP contribution in [0.2, 0.25) is 0 Å². The summed E-state index contributed by atoms with van der Waals surface area (Å²) in [5.41, 5.74) is 1.65. The van der Waals surface area contributed by atoms with E-state index in [1.54, 1.807) is 0 Å². The molecule has 1 fully saturated rings. The lowest BCUT2D eigenvalue weighted by atomic mass is 9.78. The summed E-state index contributed by atoms with van der Waals surface area (Å²) in [5.74, 6) is 0.522. The van der Waals surface area contributed by atoms with Gasteiger partial charge >= 0.3 is 5.97 Å². The van der Waals surface area contributed by atoms with E-state index >= 15 is 0 Å². The molecule has 0 radical (unpaired) electrons. The van der Waals surface area contributed by atoms with Gasteiger partial charge in [0, 0.05) is 0 Å². The topological polar surface area (TPSA) is 46.5 Å². The zero-order valence-electron chi connectivity index (χ0n) is 10.7. The normalized spacial score (nSPS) is 26.5. The zero-order chi connectivity index (χ0) is 12.6. The van der Waals surface area contributed by atoms with Crippen molar-refractivity contribution >= 4 is 5.97 Å². The maximum absolute atomic E-state index is 11.8. The Kier molecular flexibility index (Phi) is 3.02. The molecule has 0 aromatic rings. The molecule has 0 amide bonds. The van der Waals surface area contributed by atoms with Crippen LogP contribution in [0.1, 0.15) is 39.5 Å². The number of allylic oxidation sites excluding steroid dienone is 3. The number of aliphatic hydroxyl groups excluding tert-OH is 1. The third-order valence-electron chi connectivity index (χ3n) is 4.14. The van der Waals surface area contributed by atoms with Gasteiger partial charge in [-0.15, -0.1) is 0 Å². The number of rotatable bonds is 3. The minimum atomic E-state index is -0.308. The number of hydrogen-bond donors (Lipinski definition) is 1. The smallest absolute Gasteiger partial charge is 0.312 e. The van der Waals surface area contributed by atoms with E-state index in [9.17, 15) is 9.90 Å². The van der Waals surface area contributed by atoms with E-state index in [-0.39, 0.29) is 17.3 Å². The number of esters is 1. The summed E-state index contributed by atoms with van der Waals surface area (Å²) in [6, 6.07) is 0. The van der Waals surface area contributed by atoms with Crippen molar-refractivity contribution in [2.24, 2.45) is 11.3 Å². The lowest BCUT2D eigenvalue weighted by molar-refractivity contribution is -0.148. The van der Waals surface area contributed by atoms with Crippen molar-refractivity contribution in [2.45, 2.75) is 39.5 Å². The van der Waals surface area contributed by atoms with Crippen LogP contribution in [0, 0.1) is 11.3 Å². The van der Waals surface area contributed by atoms with Gasteiger partial charge in [0.1, 0.15) is 5.76 Å². The first kappa shape index (κ1) is 12.2. The van der Waals surface area contributed by atoms with Crippen LogP contribution >= 0.6 is 0 Å². The van der Waals surface area contributed by atoms with Crippen LogP contribution in [0.3, 0.4) is 0 Å². The minimum Gasteiger partial charge on any atom is -0.508 e. The molecule has 0 heterocycles. The Labute approximate surface area is 102 Å². The predicted molar refractivity (Wildman–Crippen MR) is 65.5 cm³/mol. The molecule has 0 aromatic heterocycles. The van der Waals surface area contributed by atoms with Crippen LogP contribution in [0.15, 0.2) is 23.0 Å². The number of carbonyl (C=O) groups is 1. The van der Waals surface area contributed by atoms with E-state index in [0.29, 0.717) is 5.76 Å². The first-order valence-electron chi connectivity index (χ1n) is 6.23. The summed E-state index contributed by atoms with van der Waals surface area (Å²) in [4.78, 5) is 11.8. The Balaban J connectivity index is 2.25. The Morgan fingerprint density at radius 2 is 2.24 bits per heavy atom. The number of carbonyl (C=O) groups excluding carboxylic acids is 1. The van der Waals surface area contributed by atoms with Crippen molar-refractivity contribution in [1.82, 2.24) is 0 Å². The van der Waals surface area contributed by atoms with Gasteiger partial charge in [0.2, 0.25) is 0 Å². The molecule has 2 rings (SSSR count). The van der Waals surface area contributed by atoms with Gasteiger partial charge in [0.05, 0.1) is 12.5 Å². The number of hydrogen-bond acceptors (Lipinski definition) is 3. The highest BCUT2D eigenvalue weighted by Gasteiger charge is 2.56. The van der Waals surface area contributed by atoms with E-state index in [1.807, 2.05) is 19.9 Å². The van der Waals surface area contributed by atoms with Gasteiger partial charge in [-0.25, -0.2) is 0 Å². The molecule has 1 atom stereocenters. The van der Waals surface area contributed by atoms with Gasteiger partial charge in [-0.1, -0.05) is 13.0 Å². The lowest BCUT2D eigenvalue weighted by Gasteiger charge is -2.27. The molecule has 0 aromatic carbocycles. The van der Waals surface area contributed by atoms with E-state index in [0.717, 1.165) is 36.8 Å². The quantitative estimate of drug-likeness (QED) is 0.766. The van der Waals surface area contributed by atoms with Gasteiger partial charge in [-0.3, -0.25) is 4.79 Å². The monoisotopic (exact) mass is 236 g/mol. The highest BCUT2D eigenvalue weighted by molar-refractivity contribution is 5.80. The molecule has 0 aliphatic heterocycles. The number of aliphatic hydroxyl groups is 1. The van der Waals surface area contributed by atoms with E-state index in [4.69, 9.17) is 4.74 Å². The fourth-order valence-corrected chi connectivity index (χ4v) is 2.81. The summed E-state index contributed by atoms with van der Waals surface area (Å²) in [6.45, 7) is 3.95. The molecule has 2 aliphatic carbocycles. The lowest BCUT2D eigenvalue weighted by Crippen LogP contribution is -2.28. The fraction of sp³-hybridized carbons (Fsp3) is 0.643. The maximum Gasteiger partial charge on any atom is 0.312 e. The summed E-state index contributed by atoms with van der Waals surface area (Å²) >= 11 is 0. The van der Waals surface area contributed by atoms with E-state index < -0.39 is 0 Å². The van der Waals surface area contributed by atoms with Crippen molar-refractivity contribution in [2.75, 3.05) is 7.11 Å². The third-order valence-corrected chi connectivity index (χ3v) is 4.14. The number of methoxy groups -OCH3 is 1. The molecule has 1 N–H and O–H groups in total. The summed E-state index contributed by atoms with van der Waals surface area (Å²) < 4.78 is 4.91. The van der Waals surface area contributed by atoms with Gasteiger partial charge in [0.25, 0.3) is 0 Å². The molecule has 1 saturated carbocycles. The first-order chi connectivity index (χ1) is 8.05. The molecule has 0 bridgehead atoms. The van der Waals surface area contributed by atoms with Crippen molar-refractivity contribution in [3.05, 3.63) is 23.0 Å². The predicted octanol–water partition coefficient (Wildman–Crippen LogP) is 3.13. The van der Waals surface area contributed by atoms with Crippen molar-refractivity contribution in [1.29, 1.82) is 0 Å². The third kappa shape index (κ3) is 1.88. The van der Waals surface area contributed by atoms with Crippen molar-refractivity contribution in [3.8, 4) is 0 Å². The van der Waals surface area contributed by atoms with Crippen LogP contribution in [0.25, 0.3) is 0 Å². The Hall–Kier alpha value is -1.25. The molecule has 2 aliphatic rings. The van der Waals surface area contributed by atoms with Crippen LogP contribution in [0.4, 0.5) is 0 Å². The van der Waals surface area contributed by atoms with Crippen LogP contribution in [-0.4, -0.2) is 18.2 Å².